The van der Waals surface area contributed by atoms with E-state index in [4.69, 9.17) is 0 Å². The second kappa shape index (κ2) is 5.26. The van der Waals surface area contributed by atoms with Crippen LogP contribution < -0.4 is 0 Å². The van der Waals surface area contributed by atoms with Gasteiger partial charge in [-0.3, -0.25) is 0 Å². The Bertz CT molecular complexity index is 444. The van der Waals surface area contributed by atoms with E-state index in [1.54, 1.807) is 11.3 Å². The van der Waals surface area contributed by atoms with Crippen molar-refractivity contribution in [2.45, 2.75) is 52.6 Å². The van der Waals surface area contributed by atoms with Crippen molar-refractivity contribution >= 4 is 11.3 Å². The minimum absolute atomic E-state index is 0.301. The Labute approximate surface area is 120 Å². The van der Waals surface area contributed by atoms with Gasteiger partial charge in [0, 0.05) is 4.88 Å². The molecule has 3 heteroatoms. The van der Waals surface area contributed by atoms with E-state index < -0.39 is 11.5 Å². The third-order valence-corrected chi connectivity index (χ3v) is 5.59. The van der Waals surface area contributed by atoms with Crippen LogP contribution in [0.25, 0.3) is 0 Å². The predicted molar refractivity (Wildman–Crippen MR) is 78.7 cm³/mol. The predicted octanol–water partition coefficient (Wildman–Crippen LogP) is 4.53. The fourth-order valence-electron chi connectivity index (χ4n) is 3.16. The third kappa shape index (κ3) is 2.85. The van der Waals surface area contributed by atoms with Crippen LogP contribution in [0.15, 0.2) is 17.5 Å². The molecule has 0 aromatic carbocycles. The first-order chi connectivity index (χ1) is 8.89. The molecule has 1 aliphatic carbocycles. The van der Waals surface area contributed by atoms with Crippen molar-refractivity contribution < 1.29 is 5.11 Å². The summed E-state index contributed by atoms with van der Waals surface area (Å²) in [5, 5.41) is 22.1. The first-order valence-corrected chi connectivity index (χ1v) is 7.90. The van der Waals surface area contributed by atoms with Gasteiger partial charge in [-0.1, -0.05) is 26.8 Å². The highest BCUT2D eigenvalue weighted by atomic mass is 32.1. The topological polar surface area (TPSA) is 44.0 Å². The molecule has 2 rings (SSSR count). The summed E-state index contributed by atoms with van der Waals surface area (Å²) in [7, 11) is 0. The number of aliphatic hydroxyl groups excluding tert-OH is 1. The van der Waals surface area contributed by atoms with Gasteiger partial charge in [-0.15, -0.1) is 11.3 Å². The van der Waals surface area contributed by atoms with Gasteiger partial charge in [0.15, 0.2) is 0 Å². The molecule has 19 heavy (non-hydrogen) atoms. The van der Waals surface area contributed by atoms with Crippen molar-refractivity contribution in [3.63, 3.8) is 0 Å². The lowest BCUT2D eigenvalue weighted by Crippen LogP contribution is -2.35. The van der Waals surface area contributed by atoms with E-state index >= 15 is 0 Å². The normalized spacial score (nSPS) is 29.7. The van der Waals surface area contributed by atoms with Crippen LogP contribution in [0.5, 0.6) is 0 Å². The summed E-state index contributed by atoms with van der Waals surface area (Å²) >= 11 is 1.54. The molecule has 0 saturated heterocycles. The van der Waals surface area contributed by atoms with Gasteiger partial charge in [0.25, 0.3) is 0 Å². The van der Waals surface area contributed by atoms with E-state index in [0.29, 0.717) is 11.3 Å². The van der Waals surface area contributed by atoms with Crippen molar-refractivity contribution in [3.8, 4) is 6.07 Å². The van der Waals surface area contributed by atoms with Gasteiger partial charge in [-0.2, -0.15) is 5.26 Å². The van der Waals surface area contributed by atoms with Gasteiger partial charge in [0.2, 0.25) is 0 Å². The SMILES string of the molecule is CC(C)(C)C1CCC(C#N)(C(O)c2cccs2)CC1. The summed E-state index contributed by atoms with van der Waals surface area (Å²) in [6.45, 7) is 6.81. The molecule has 104 valence electrons. The molecule has 0 spiro atoms. The average Bonchev–Trinajstić information content (AvgIpc) is 2.90. The highest BCUT2D eigenvalue weighted by molar-refractivity contribution is 7.10. The van der Waals surface area contributed by atoms with Crippen LogP contribution in [0, 0.1) is 28.1 Å². The number of hydrogen-bond acceptors (Lipinski definition) is 3. The second-order valence-corrected chi connectivity index (χ2v) is 7.81. The van der Waals surface area contributed by atoms with Crippen molar-refractivity contribution in [1.82, 2.24) is 0 Å². The number of hydrogen-bond donors (Lipinski definition) is 1. The lowest BCUT2D eigenvalue weighted by molar-refractivity contribution is 0.0105. The zero-order chi connectivity index (χ0) is 14.1. The molecule has 0 amide bonds. The molecule has 1 fully saturated rings. The van der Waals surface area contributed by atoms with E-state index in [2.05, 4.69) is 26.8 Å². The Hall–Kier alpha value is -0.850. The smallest absolute Gasteiger partial charge is 0.107 e. The first kappa shape index (κ1) is 14.6. The monoisotopic (exact) mass is 277 g/mol. The Morgan fingerprint density at radius 3 is 2.47 bits per heavy atom. The maximum Gasteiger partial charge on any atom is 0.107 e. The summed E-state index contributed by atoms with van der Waals surface area (Å²) in [5.74, 6) is 0.657. The first-order valence-electron chi connectivity index (χ1n) is 7.02. The van der Waals surface area contributed by atoms with E-state index in [-0.39, 0.29) is 0 Å². The van der Waals surface area contributed by atoms with Gasteiger partial charge < -0.3 is 5.11 Å². The van der Waals surface area contributed by atoms with E-state index in [1.165, 1.54) is 0 Å². The average molecular weight is 277 g/mol. The summed E-state index contributed by atoms with van der Waals surface area (Å²) in [6.07, 6.45) is 3.08. The molecule has 1 heterocycles. The lowest BCUT2D eigenvalue weighted by Gasteiger charge is -2.42. The van der Waals surface area contributed by atoms with E-state index in [1.807, 2.05) is 17.5 Å². The van der Waals surface area contributed by atoms with Crippen LogP contribution in [0.4, 0.5) is 0 Å². The van der Waals surface area contributed by atoms with Gasteiger partial charge >= 0.3 is 0 Å². The molecule has 2 nitrogen and oxygen atoms in total. The van der Waals surface area contributed by atoms with Crippen molar-refractivity contribution in [1.29, 1.82) is 5.26 Å². The molecular formula is C16H23NOS. The Morgan fingerprint density at radius 2 is 2.05 bits per heavy atom. The van der Waals surface area contributed by atoms with Crippen LogP contribution in [0.2, 0.25) is 0 Å². The fraction of sp³-hybridized carbons (Fsp3) is 0.688. The molecule has 0 radical (unpaired) electrons. The van der Waals surface area contributed by atoms with Crippen LogP contribution in [-0.4, -0.2) is 5.11 Å². The molecule has 0 bridgehead atoms. The van der Waals surface area contributed by atoms with E-state index in [0.717, 1.165) is 30.6 Å². The van der Waals surface area contributed by atoms with Crippen LogP contribution in [0.3, 0.4) is 0 Å². The van der Waals surface area contributed by atoms with Gasteiger partial charge in [0.05, 0.1) is 11.5 Å². The number of thiophene rings is 1. The molecule has 1 N–H and O–H groups in total. The number of nitriles is 1. The minimum Gasteiger partial charge on any atom is -0.386 e. The maximum absolute atomic E-state index is 10.6. The Morgan fingerprint density at radius 1 is 1.42 bits per heavy atom. The van der Waals surface area contributed by atoms with Crippen molar-refractivity contribution in [3.05, 3.63) is 22.4 Å². The van der Waals surface area contributed by atoms with Gasteiger partial charge in [0.1, 0.15) is 6.10 Å². The van der Waals surface area contributed by atoms with Gasteiger partial charge in [-0.25, -0.2) is 0 Å². The molecule has 1 aliphatic rings. The summed E-state index contributed by atoms with van der Waals surface area (Å²) in [4.78, 5) is 0.927. The summed E-state index contributed by atoms with van der Waals surface area (Å²) < 4.78 is 0. The molecule has 1 aromatic heterocycles. The van der Waals surface area contributed by atoms with Crippen molar-refractivity contribution in [2.24, 2.45) is 16.7 Å². The van der Waals surface area contributed by atoms with Crippen molar-refractivity contribution in [2.75, 3.05) is 0 Å². The Balaban J connectivity index is 2.13. The van der Waals surface area contributed by atoms with Crippen LogP contribution >= 0.6 is 11.3 Å². The van der Waals surface area contributed by atoms with E-state index in [9.17, 15) is 10.4 Å². The second-order valence-electron chi connectivity index (χ2n) is 6.83. The maximum atomic E-state index is 10.6. The number of rotatable bonds is 2. The molecule has 1 aromatic rings. The minimum atomic E-state index is -0.626. The molecule has 1 atom stereocenters. The van der Waals surface area contributed by atoms with Crippen LogP contribution in [0.1, 0.15) is 57.4 Å². The highest BCUT2D eigenvalue weighted by Crippen LogP contribution is 2.51. The molecule has 1 saturated carbocycles. The quantitative estimate of drug-likeness (QED) is 0.863. The third-order valence-electron chi connectivity index (χ3n) is 4.66. The lowest BCUT2D eigenvalue weighted by atomic mass is 9.62. The highest BCUT2D eigenvalue weighted by Gasteiger charge is 2.44. The molecule has 0 aliphatic heterocycles. The number of aliphatic hydroxyl groups is 1. The zero-order valence-corrected chi connectivity index (χ0v) is 12.8. The summed E-state index contributed by atoms with van der Waals surface area (Å²) in [5.41, 5.74) is -0.276. The fourth-order valence-corrected chi connectivity index (χ4v) is 3.99. The molecule has 1 unspecified atom stereocenters. The Kier molecular flexibility index (Phi) is 4.03. The molecular weight excluding hydrogens is 254 g/mol. The standard InChI is InChI=1S/C16H23NOS/c1-15(2,3)12-6-8-16(11-17,9-7-12)14(18)13-5-4-10-19-13/h4-5,10,12,14,18H,6-9H2,1-3H3. The number of nitrogens with zero attached hydrogens (tertiary/aromatic N) is 1. The zero-order valence-electron chi connectivity index (χ0n) is 12.0. The largest absolute Gasteiger partial charge is 0.386 e. The van der Waals surface area contributed by atoms with Crippen LogP contribution in [-0.2, 0) is 0 Å². The summed E-state index contributed by atoms with van der Waals surface area (Å²) in [6, 6.07) is 6.31. The van der Waals surface area contributed by atoms with Gasteiger partial charge in [-0.05, 0) is 48.5 Å².